The summed E-state index contributed by atoms with van der Waals surface area (Å²) in [5, 5.41) is 3.27. The Kier molecular flexibility index (Phi) is 6.62. The van der Waals surface area contributed by atoms with Crippen molar-refractivity contribution in [1.29, 1.82) is 0 Å². The molecule has 0 bridgehead atoms. The Morgan fingerprint density at radius 2 is 1.52 bits per heavy atom. The number of rotatable bonds is 7. The zero-order chi connectivity index (χ0) is 16.5. The van der Waals surface area contributed by atoms with Crippen LogP contribution in [-0.4, -0.2) is 24.9 Å². The van der Waals surface area contributed by atoms with Crippen LogP contribution in [0.15, 0.2) is 48.5 Å². The van der Waals surface area contributed by atoms with Crippen LogP contribution in [0.1, 0.15) is 6.92 Å². The van der Waals surface area contributed by atoms with Gasteiger partial charge in [0.15, 0.2) is 0 Å². The molecule has 2 aromatic rings. The molecule has 4 nitrogen and oxygen atoms in total. The summed E-state index contributed by atoms with van der Waals surface area (Å²) in [4.78, 5) is 0. The van der Waals surface area contributed by atoms with Gasteiger partial charge in [0.05, 0.1) is 0 Å². The summed E-state index contributed by atoms with van der Waals surface area (Å²) in [7, 11) is 0. The quantitative estimate of drug-likeness (QED) is 0.614. The second-order valence-electron chi connectivity index (χ2n) is 4.54. The standard InChI is InChI=1S/C17H18FNO3S/c1-2-19-17(23)21-12-11-20-14-7-9-16(10-8-14)22-15-5-3-13(18)4-6-15/h3-10H,2,11-12H2,1H3,(H,19,23). The molecule has 0 atom stereocenters. The van der Waals surface area contributed by atoms with E-state index in [2.05, 4.69) is 5.32 Å². The fourth-order valence-electron chi connectivity index (χ4n) is 1.73. The molecule has 0 heterocycles. The largest absolute Gasteiger partial charge is 0.490 e. The van der Waals surface area contributed by atoms with E-state index in [9.17, 15) is 4.39 Å². The molecule has 2 aromatic carbocycles. The minimum Gasteiger partial charge on any atom is -0.490 e. The minimum absolute atomic E-state index is 0.295. The van der Waals surface area contributed by atoms with Crippen molar-refractivity contribution < 1.29 is 18.6 Å². The van der Waals surface area contributed by atoms with Crippen molar-refractivity contribution >= 4 is 17.4 Å². The summed E-state index contributed by atoms with van der Waals surface area (Å²) in [6, 6.07) is 13.0. The molecule has 0 amide bonds. The summed E-state index contributed by atoms with van der Waals surface area (Å²) in [5.41, 5.74) is 0. The molecule has 2 rings (SSSR count). The Morgan fingerprint density at radius 1 is 0.957 bits per heavy atom. The number of hydrogen-bond acceptors (Lipinski definition) is 4. The van der Waals surface area contributed by atoms with Crippen LogP contribution in [0.3, 0.4) is 0 Å². The first kappa shape index (κ1) is 17.0. The molecule has 0 aliphatic carbocycles. The molecular weight excluding hydrogens is 317 g/mol. The van der Waals surface area contributed by atoms with E-state index in [-0.39, 0.29) is 5.82 Å². The predicted octanol–water partition coefficient (Wildman–Crippen LogP) is 3.91. The van der Waals surface area contributed by atoms with Crippen LogP contribution in [0.5, 0.6) is 17.2 Å². The Morgan fingerprint density at radius 3 is 2.13 bits per heavy atom. The number of hydrogen-bond donors (Lipinski definition) is 1. The molecule has 0 saturated carbocycles. The number of nitrogens with one attached hydrogen (secondary N) is 1. The maximum atomic E-state index is 12.8. The van der Waals surface area contributed by atoms with Crippen molar-refractivity contribution in [3.63, 3.8) is 0 Å². The molecule has 0 aliphatic rings. The third-order valence-electron chi connectivity index (χ3n) is 2.78. The van der Waals surface area contributed by atoms with Gasteiger partial charge in [-0.1, -0.05) is 0 Å². The lowest BCUT2D eigenvalue weighted by Crippen LogP contribution is -2.25. The molecular formula is C17H18FNO3S. The molecule has 0 fully saturated rings. The van der Waals surface area contributed by atoms with Crippen LogP contribution in [0, 0.1) is 5.82 Å². The highest BCUT2D eigenvalue weighted by Gasteiger charge is 2.00. The minimum atomic E-state index is -0.295. The van der Waals surface area contributed by atoms with E-state index in [1.54, 1.807) is 36.4 Å². The van der Waals surface area contributed by atoms with Crippen molar-refractivity contribution in [1.82, 2.24) is 5.32 Å². The van der Waals surface area contributed by atoms with Gasteiger partial charge in [-0.05, 0) is 67.7 Å². The van der Waals surface area contributed by atoms with Crippen LogP contribution in [0.4, 0.5) is 4.39 Å². The van der Waals surface area contributed by atoms with E-state index in [0.717, 1.165) is 6.54 Å². The molecule has 0 unspecified atom stereocenters. The number of thiocarbonyl (C=S) groups is 1. The second kappa shape index (κ2) is 8.95. The van der Waals surface area contributed by atoms with E-state index < -0.39 is 0 Å². The number of ether oxygens (including phenoxy) is 3. The van der Waals surface area contributed by atoms with E-state index >= 15 is 0 Å². The molecule has 23 heavy (non-hydrogen) atoms. The summed E-state index contributed by atoms with van der Waals surface area (Å²) in [6.07, 6.45) is 0. The lowest BCUT2D eigenvalue weighted by molar-refractivity contribution is 0.207. The van der Waals surface area contributed by atoms with Gasteiger partial charge >= 0.3 is 0 Å². The highest BCUT2D eigenvalue weighted by Crippen LogP contribution is 2.23. The van der Waals surface area contributed by atoms with Gasteiger partial charge < -0.3 is 19.5 Å². The van der Waals surface area contributed by atoms with Crippen LogP contribution in [0.2, 0.25) is 0 Å². The number of benzene rings is 2. The molecule has 0 radical (unpaired) electrons. The maximum absolute atomic E-state index is 12.8. The van der Waals surface area contributed by atoms with Crippen molar-refractivity contribution in [2.45, 2.75) is 6.92 Å². The summed E-state index contributed by atoms with van der Waals surface area (Å²) in [5.74, 6) is 1.63. The van der Waals surface area contributed by atoms with Gasteiger partial charge in [0, 0.05) is 6.54 Å². The SMILES string of the molecule is CCNC(=S)OCCOc1ccc(Oc2ccc(F)cc2)cc1. The van der Waals surface area contributed by atoms with Gasteiger partial charge in [-0.2, -0.15) is 0 Å². The fourth-order valence-corrected chi connectivity index (χ4v) is 1.96. The molecule has 1 N–H and O–H groups in total. The van der Waals surface area contributed by atoms with Crippen LogP contribution in [0.25, 0.3) is 0 Å². The highest BCUT2D eigenvalue weighted by molar-refractivity contribution is 7.80. The Bertz CT molecular complexity index is 617. The maximum Gasteiger partial charge on any atom is 0.256 e. The average Bonchev–Trinajstić information content (AvgIpc) is 2.55. The first-order chi connectivity index (χ1) is 11.2. The Balaban J connectivity index is 1.76. The lowest BCUT2D eigenvalue weighted by atomic mass is 10.3. The third-order valence-corrected chi connectivity index (χ3v) is 3.04. The lowest BCUT2D eigenvalue weighted by Gasteiger charge is -2.10. The Hall–Kier alpha value is -2.34. The van der Waals surface area contributed by atoms with Gasteiger partial charge in [0.1, 0.15) is 36.3 Å². The summed E-state index contributed by atoms with van der Waals surface area (Å²) in [6.45, 7) is 3.44. The second-order valence-corrected chi connectivity index (χ2v) is 4.91. The third kappa shape index (κ3) is 6.12. The molecule has 122 valence electrons. The first-order valence-corrected chi connectivity index (χ1v) is 7.65. The molecule has 0 aliphatic heterocycles. The molecule has 6 heteroatoms. The van der Waals surface area contributed by atoms with E-state index in [1.807, 2.05) is 6.92 Å². The van der Waals surface area contributed by atoms with Crippen LogP contribution >= 0.6 is 12.2 Å². The zero-order valence-corrected chi connectivity index (χ0v) is 13.6. The fraction of sp³-hybridized carbons (Fsp3) is 0.235. The van der Waals surface area contributed by atoms with Crippen molar-refractivity contribution in [3.8, 4) is 17.2 Å². The molecule has 0 spiro atoms. The average molecular weight is 335 g/mol. The van der Waals surface area contributed by atoms with Gasteiger partial charge in [-0.25, -0.2) is 4.39 Å². The van der Waals surface area contributed by atoms with E-state index in [4.69, 9.17) is 26.4 Å². The van der Waals surface area contributed by atoms with E-state index in [1.165, 1.54) is 12.1 Å². The van der Waals surface area contributed by atoms with Crippen molar-refractivity contribution in [3.05, 3.63) is 54.3 Å². The van der Waals surface area contributed by atoms with E-state index in [0.29, 0.717) is 35.6 Å². The molecule has 0 aromatic heterocycles. The predicted molar refractivity (Wildman–Crippen MR) is 90.6 cm³/mol. The topological polar surface area (TPSA) is 39.7 Å². The zero-order valence-electron chi connectivity index (χ0n) is 12.8. The van der Waals surface area contributed by atoms with Gasteiger partial charge in [-0.3, -0.25) is 0 Å². The first-order valence-electron chi connectivity index (χ1n) is 7.24. The van der Waals surface area contributed by atoms with Crippen molar-refractivity contribution in [2.24, 2.45) is 0 Å². The monoisotopic (exact) mass is 335 g/mol. The molecule has 0 saturated heterocycles. The normalized spacial score (nSPS) is 10.0. The highest BCUT2D eigenvalue weighted by atomic mass is 32.1. The van der Waals surface area contributed by atoms with Crippen LogP contribution < -0.4 is 14.8 Å². The summed E-state index contributed by atoms with van der Waals surface area (Å²) < 4.78 is 29.2. The van der Waals surface area contributed by atoms with Crippen molar-refractivity contribution in [2.75, 3.05) is 19.8 Å². The van der Waals surface area contributed by atoms with Crippen LogP contribution in [-0.2, 0) is 4.74 Å². The smallest absolute Gasteiger partial charge is 0.256 e. The van der Waals surface area contributed by atoms with Gasteiger partial charge in [0.2, 0.25) is 0 Å². The van der Waals surface area contributed by atoms with Gasteiger partial charge in [-0.15, -0.1) is 0 Å². The van der Waals surface area contributed by atoms with Gasteiger partial charge in [0.25, 0.3) is 5.17 Å². The number of halogens is 1. The summed E-state index contributed by atoms with van der Waals surface area (Å²) >= 11 is 4.94. The Labute approximate surface area is 140 Å².